The highest BCUT2D eigenvalue weighted by Gasteiger charge is 2.21. The molecule has 0 amide bonds. The predicted molar refractivity (Wildman–Crippen MR) is 258 cm³/mol. The zero-order valence-electron chi connectivity index (χ0n) is 33.7. The Morgan fingerprint density at radius 1 is 0.274 bits per heavy atom. The summed E-state index contributed by atoms with van der Waals surface area (Å²) in [4.78, 5) is 10.4. The highest BCUT2D eigenvalue weighted by atomic mass is 15.0. The second kappa shape index (κ2) is 14.7. The van der Waals surface area contributed by atoms with Crippen LogP contribution in [0.3, 0.4) is 0 Å². The van der Waals surface area contributed by atoms with Crippen molar-refractivity contribution in [2.24, 2.45) is 0 Å². The highest BCUT2D eigenvalue weighted by Crippen LogP contribution is 2.42. The quantitative estimate of drug-likeness (QED) is 0.161. The van der Waals surface area contributed by atoms with Gasteiger partial charge in [0.2, 0.25) is 0 Å². The van der Waals surface area contributed by atoms with E-state index >= 15 is 0 Å². The van der Waals surface area contributed by atoms with Gasteiger partial charge < -0.3 is 9.13 Å². The molecule has 0 aliphatic carbocycles. The van der Waals surface area contributed by atoms with Gasteiger partial charge in [-0.1, -0.05) is 170 Å². The Bertz CT molecular complexity index is 3590. The van der Waals surface area contributed by atoms with Gasteiger partial charge in [-0.2, -0.15) is 0 Å². The molecule has 0 spiro atoms. The topological polar surface area (TPSA) is 35.6 Å². The maximum atomic E-state index is 5.21. The minimum absolute atomic E-state index is 0.686. The van der Waals surface area contributed by atoms with Crippen molar-refractivity contribution in [3.63, 3.8) is 0 Å². The predicted octanol–water partition coefficient (Wildman–Crippen LogP) is 15.0. The Morgan fingerprint density at radius 2 is 0.774 bits per heavy atom. The van der Waals surface area contributed by atoms with Gasteiger partial charge in [0.05, 0.1) is 33.5 Å². The monoisotopic (exact) mass is 790 g/mol. The smallest absolute Gasteiger partial charge is 0.160 e. The summed E-state index contributed by atoms with van der Waals surface area (Å²) in [7, 11) is 0. The zero-order valence-corrected chi connectivity index (χ0v) is 33.7. The Morgan fingerprint density at radius 3 is 1.45 bits per heavy atom. The van der Waals surface area contributed by atoms with Gasteiger partial charge in [-0.25, -0.2) is 9.97 Å². The van der Waals surface area contributed by atoms with Gasteiger partial charge in [0.25, 0.3) is 0 Å². The van der Waals surface area contributed by atoms with Crippen molar-refractivity contribution in [1.82, 2.24) is 19.1 Å². The molecule has 0 radical (unpaired) electrons. The van der Waals surface area contributed by atoms with Gasteiger partial charge in [-0.3, -0.25) is 0 Å². The first-order valence-electron chi connectivity index (χ1n) is 21.1. The molecule has 0 atom stereocenters. The van der Waals surface area contributed by atoms with Gasteiger partial charge in [-0.15, -0.1) is 0 Å². The normalized spacial score (nSPS) is 11.5. The molecule has 9 aromatic carbocycles. The minimum atomic E-state index is 0.686. The van der Waals surface area contributed by atoms with E-state index in [9.17, 15) is 0 Å². The van der Waals surface area contributed by atoms with Crippen LogP contribution in [0.2, 0.25) is 0 Å². The lowest BCUT2D eigenvalue weighted by atomic mass is 10.0. The van der Waals surface area contributed by atoms with E-state index in [1.54, 1.807) is 0 Å². The van der Waals surface area contributed by atoms with Crippen LogP contribution < -0.4 is 0 Å². The first-order chi connectivity index (χ1) is 30.7. The summed E-state index contributed by atoms with van der Waals surface area (Å²) in [5, 5.41) is 4.89. The van der Waals surface area contributed by atoms with E-state index in [0.29, 0.717) is 5.82 Å². The van der Waals surface area contributed by atoms with Crippen molar-refractivity contribution >= 4 is 43.6 Å². The average molecular weight is 791 g/mol. The maximum absolute atomic E-state index is 5.21. The van der Waals surface area contributed by atoms with Crippen molar-refractivity contribution < 1.29 is 0 Å². The highest BCUT2D eigenvalue weighted by molar-refractivity contribution is 6.26. The fourth-order valence-corrected chi connectivity index (χ4v) is 9.21. The van der Waals surface area contributed by atoms with Crippen LogP contribution in [0.25, 0.3) is 111 Å². The van der Waals surface area contributed by atoms with E-state index in [2.05, 4.69) is 228 Å². The van der Waals surface area contributed by atoms with Crippen molar-refractivity contribution in [2.45, 2.75) is 0 Å². The number of para-hydroxylation sites is 2. The van der Waals surface area contributed by atoms with Crippen LogP contribution in [0.15, 0.2) is 231 Å². The van der Waals surface area contributed by atoms with Crippen molar-refractivity contribution in [2.75, 3.05) is 0 Å². The summed E-state index contributed by atoms with van der Waals surface area (Å²) in [6.45, 7) is 0. The standard InChI is InChI=1S/C58H38N4/c1-4-15-39(16-5-1)41-27-29-43(30-28-41)52-38-51(42-19-8-3-9-20-42)59-58(60-52)44-31-33-46(34-32-44)62-53-25-12-10-23-48(53)49-35-36-55-56(57(49)62)50-24-11-13-26-54(50)61(55)47-22-14-21-45(37-47)40-17-6-2-7-18-40/h1-38H. The van der Waals surface area contributed by atoms with Crippen LogP contribution >= 0.6 is 0 Å². The van der Waals surface area contributed by atoms with Gasteiger partial charge >= 0.3 is 0 Å². The molecular formula is C58H38N4. The van der Waals surface area contributed by atoms with Crippen molar-refractivity contribution in [3.05, 3.63) is 231 Å². The van der Waals surface area contributed by atoms with Crippen LogP contribution in [0, 0.1) is 0 Å². The summed E-state index contributed by atoms with van der Waals surface area (Å²) >= 11 is 0. The first-order valence-corrected chi connectivity index (χ1v) is 21.1. The van der Waals surface area contributed by atoms with Crippen LogP contribution in [-0.2, 0) is 0 Å². The molecule has 0 saturated heterocycles. The minimum Gasteiger partial charge on any atom is -0.309 e. The molecule has 4 heteroatoms. The van der Waals surface area contributed by atoms with Crippen LogP contribution in [0.1, 0.15) is 0 Å². The summed E-state index contributed by atoms with van der Waals surface area (Å²) in [5.74, 6) is 0.686. The first kappa shape index (κ1) is 35.6. The molecule has 0 fully saturated rings. The molecule has 0 bridgehead atoms. The summed E-state index contributed by atoms with van der Waals surface area (Å²) in [5.41, 5.74) is 16.5. The Hall–Kier alpha value is -8.34. The number of nitrogens with zero attached hydrogens (tertiary/aromatic N) is 4. The maximum Gasteiger partial charge on any atom is 0.160 e. The third-order valence-electron chi connectivity index (χ3n) is 12.1. The van der Waals surface area contributed by atoms with Crippen molar-refractivity contribution in [3.8, 4) is 67.5 Å². The van der Waals surface area contributed by atoms with E-state index in [0.717, 1.165) is 45.0 Å². The van der Waals surface area contributed by atoms with E-state index in [1.807, 2.05) is 12.1 Å². The molecule has 3 aromatic heterocycles. The summed E-state index contributed by atoms with van der Waals surface area (Å²) < 4.78 is 4.86. The van der Waals surface area contributed by atoms with Gasteiger partial charge in [0.1, 0.15) is 0 Å². The largest absolute Gasteiger partial charge is 0.309 e. The number of aromatic nitrogens is 4. The fraction of sp³-hybridized carbons (Fsp3) is 0. The third kappa shape index (κ3) is 6.00. The molecule has 0 aliphatic rings. The van der Waals surface area contributed by atoms with Gasteiger partial charge in [-0.05, 0) is 82.9 Å². The molecule has 0 unspecified atom stereocenters. The molecule has 12 aromatic rings. The molecule has 4 nitrogen and oxygen atoms in total. The lowest BCUT2D eigenvalue weighted by Crippen LogP contribution is -1.98. The van der Waals surface area contributed by atoms with Gasteiger partial charge in [0.15, 0.2) is 5.82 Å². The number of hydrogen-bond donors (Lipinski definition) is 0. The van der Waals surface area contributed by atoms with E-state index < -0.39 is 0 Å². The zero-order chi connectivity index (χ0) is 41.0. The van der Waals surface area contributed by atoms with Crippen LogP contribution in [0.5, 0.6) is 0 Å². The van der Waals surface area contributed by atoms with Crippen molar-refractivity contribution in [1.29, 1.82) is 0 Å². The van der Waals surface area contributed by atoms with Gasteiger partial charge in [0, 0.05) is 49.6 Å². The summed E-state index contributed by atoms with van der Waals surface area (Å²) in [6.07, 6.45) is 0. The molecular weight excluding hydrogens is 753 g/mol. The Balaban J connectivity index is 1.02. The van der Waals surface area contributed by atoms with E-state index in [4.69, 9.17) is 9.97 Å². The van der Waals surface area contributed by atoms with E-state index in [-0.39, 0.29) is 0 Å². The summed E-state index contributed by atoms with van der Waals surface area (Å²) in [6, 6.07) is 82.1. The van der Waals surface area contributed by atoms with Crippen LogP contribution in [-0.4, -0.2) is 19.1 Å². The SMILES string of the molecule is c1ccc(-c2ccc(-c3cc(-c4ccccc4)nc(-c4ccc(-n5c6ccccc6c6ccc7c(c8ccccc8n7-c7cccc(-c8ccccc8)c7)c65)cc4)n3)cc2)cc1. The molecule has 12 rings (SSSR count). The van der Waals surface area contributed by atoms with Crippen LogP contribution in [0.4, 0.5) is 0 Å². The Labute approximate surface area is 359 Å². The second-order valence-electron chi connectivity index (χ2n) is 15.8. The third-order valence-corrected chi connectivity index (χ3v) is 12.1. The second-order valence-corrected chi connectivity index (χ2v) is 15.8. The molecule has 0 aliphatic heterocycles. The Kier molecular flexibility index (Phi) is 8.46. The fourth-order valence-electron chi connectivity index (χ4n) is 9.21. The van der Waals surface area contributed by atoms with E-state index in [1.165, 1.54) is 60.3 Å². The number of hydrogen-bond acceptors (Lipinski definition) is 2. The molecule has 62 heavy (non-hydrogen) atoms. The number of rotatable bonds is 7. The molecule has 0 saturated carbocycles. The number of benzene rings is 9. The lowest BCUT2D eigenvalue weighted by Gasteiger charge is -2.12. The number of fused-ring (bicyclic) bond motifs is 7. The lowest BCUT2D eigenvalue weighted by molar-refractivity contribution is 1.16. The molecule has 3 heterocycles. The average Bonchev–Trinajstić information content (AvgIpc) is 3.88. The molecule has 290 valence electrons. The molecule has 0 N–H and O–H groups in total.